The fourth-order valence-corrected chi connectivity index (χ4v) is 2.54. The van der Waals surface area contributed by atoms with Crippen LogP contribution in [0.15, 0.2) is 47.3 Å². The van der Waals surface area contributed by atoms with Crippen LogP contribution in [0.5, 0.6) is 0 Å². The lowest BCUT2D eigenvalue weighted by Gasteiger charge is -2.07. The van der Waals surface area contributed by atoms with E-state index >= 15 is 0 Å². The molecule has 0 unspecified atom stereocenters. The van der Waals surface area contributed by atoms with Crippen molar-refractivity contribution in [3.05, 3.63) is 64.1 Å². The minimum absolute atomic E-state index is 0.00800. The smallest absolute Gasteiger partial charge is 0.328 e. The van der Waals surface area contributed by atoms with Crippen molar-refractivity contribution < 1.29 is 0 Å². The molecule has 3 rings (SSSR count). The van der Waals surface area contributed by atoms with Gasteiger partial charge in [0.15, 0.2) is 0 Å². The molecule has 0 aliphatic rings. The molecule has 0 aliphatic heterocycles. The summed E-state index contributed by atoms with van der Waals surface area (Å²) in [4.78, 5) is 11.9. The third kappa shape index (κ3) is 2.44. The number of anilines is 1. The molecule has 2 aromatic carbocycles. The Kier molecular flexibility index (Phi) is 3.29. The Labute approximate surface area is 123 Å². The molecular formula is C17H19N3O. The zero-order valence-electron chi connectivity index (χ0n) is 12.6. The van der Waals surface area contributed by atoms with Crippen LogP contribution in [0.25, 0.3) is 11.0 Å². The molecule has 21 heavy (non-hydrogen) atoms. The van der Waals surface area contributed by atoms with E-state index in [2.05, 4.69) is 48.6 Å². The lowest BCUT2D eigenvalue weighted by atomic mass is 10.2. The summed E-state index contributed by atoms with van der Waals surface area (Å²) in [5, 5.41) is 3.40. The molecule has 0 amide bonds. The molecule has 108 valence electrons. The number of fused-ring (bicyclic) bond motifs is 1. The van der Waals surface area contributed by atoms with Crippen LogP contribution in [0.2, 0.25) is 0 Å². The van der Waals surface area contributed by atoms with Crippen LogP contribution in [-0.4, -0.2) is 9.13 Å². The van der Waals surface area contributed by atoms with E-state index in [0.717, 1.165) is 28.8 Å². The van der Waals surface area contributed by atoms with Crippen LogP contribution in [0.3, 0.4) is 0 Å². The van der Waals surface area contributed by atoms with Crippen molar-refractivity contribution in [2.45, 2.75) is 13.5 Å². The van der Waals surface area contributed by atoms with Gasteiger partial charge in [-0.2, -0.15) is 0 Å². The van der Waals surface area contributed by atoms with Crippen molar-refractivity contribution in [1.82, 2.24) is 9.13 Å². The first-order chi connectivity index (χ1) is 10.1. The predicted molar refractivity (Wildman–Crippen MR) is 86.7 cm³/mol. The first-order valence-electron chi connectivity index (χ1n) is 7.01. The van der Waals surface area contributed by atoms with Crippen molar-refractivity contribution in [3.8, 4) is 0 Å². The summed E-state index contributed by atoms with van der Waals surface area (Å²) < 4.78 is 3.36. The van der Waals surface area contributed by atoms with Gasteiger partial charge in [0.05, 0.1) is 11.0 Å². The Hall–Kier alpha value is -2.49. The fraction of sp³-hybridized carbons (Fsp3) is 0.235. The lowest BCUT2D eigenvalue weighted by Crippen LogP contribution is -2.19. The Balaban J connectivity index is 1.86. The van der Waals surface area contributed by atoms with E-state index in [9.17, 15) is 4.79 Å². The number of nitrogens with zero attached hydrogens (tertiary/aromatic N) is 2. The Morgan fingerprint density at radius 2 is 1.62 bits per heavy atom. The zero-order valence-corrected chi connectivity index (χ0v) is 12.6. The molecule has 0 atom stereocenters. The summed E-state index contributed by atoms with van der Waals surface area (Å²) in [6, 6.07) is 14.5. The normalized spacial score (nSPS) is 11.0. The average Bonchev–Trinajstić information content (AvgIpc) is 2.71. The van der Waals surface area contributed by atoms with Gasteiger partial charge in [0.2, 0.25) is 0 Å². The quantitative estimate of drug-likeness (QED) is 0.802. The summed E-state index contributed by atoms with van der Waals surface area (Å²) in [7, 11) is 3.61. The van der Waals surface area contributed by atoms with E-state index in [-0.39, 0.29) is 5.69 Å². The second-order valence-corrected chi connectivity index (χ2v) is 5.44. The molecule has 0 radical (unpaired) electrons. The van der Waals surface area contributed by atoms with Crippen molar-refractivity contribution in [3.63, 3.8) is 0 Å². The van der Waals surface area contributed by atoms with Gasteiger partial charge in [0.25, 0.3) is 0 Å². The van der Waals surface area contributed by atoms with Gasteiger partial charge in [-0.05, 0) is 36.8 Å². The second-order valence-electron chi connectivity index (χ2n) is 5.44. The topological polar surface area (TPSA) is 39.0 Å². The Bertz CT molecular complexity index is 841. The number of rotatable bonds is 3. The summed E-state index contributed by atoms with van der Waals surface area (Å²) in [6.45, 7) is 2.82. The largest absolute Gasteiger partial charge is 0.381 e. The number of hydrogen-bond donors (Lipinski definition) is 1. The monoisotopic (exact) mass is 281 g/mol. The van der Waals surface area contributed by atoms with Gasteiger partial charge in [-0.1, -0.05) is 23.8 Å². The highest BCUT2D eigenvalue weighted by molar-refractivity contribution is 5.76. The van der Waals surface area contributed by atoms with Crippen molar-refractivity contribution in [1.29, 1.82) is 0 Å². The highest BCUT2D eigenvalue weighted by Gasteiger charge is 2.07. The van der Waals surface area contributed by atoms with Gasteiger partial charge in [-0.15, -0.1) is 0 Å². The van der Waals surface area contributed by atoms with E-state index in [0.29, 0.717) is 0 Å². The standard InChI is InChI=1S/C17H19N3O/c1-12-4-7-14(8-5-12)18-11-13-6-9-15-16(10-13)20(3)17(21)19(15)2/h4-10,18H,11H2,1-3H3. The van der Waals surface area contributed by atoms with Crippen molar-refractivity contribution in [2.24, 2.45) is 14.1 Å². The molecule has 3 aromatic rings. The maximum absolute atomic E-state index is 11.9. The Morgan fingerprint density at radius 3 is 2.33 bits per heavy atom. The molecule has 0 saturated heterocycles. The van der Waals surface area contributed by atoms with Gasteiger partial charge in [-0.3, -0.25) is 9.13 Å². The second kappa shape index (κ2) is 5.13. The predicted octanol–water partition coefficient (Wildman–Crippen LogP) is 2.80. The maximum Gasteiger partial charge on any atom is 0.328 e. The molecule has 0 saturated carbocycles. The third-order valence-corrected chi connectivity index (χ3v) is 3.88. The first kappa shape index (κ1) is 13.5. The van der Waals surface area contributed by atoms with E-state index in [1.807, 2.05) is 13.1 Å². The number of imidazole rings is 1. The summed E-state index contributed by atoms with van der Waals surface area (Å²) in [5.41, 5.74) is 5.44. The van der Waals surface area contributed by atoms with Crippen LogP contribution in [0.1, 0.15) is 11.1 Å². The van der Waals surface area contributed by atoms with Gasteiger partial charge in [0.1, 0.15) is 0 Å². The summed E-state index contributed by atoms with van der Waals surface area (Å²) in [5.74, 6) is 0. The minimum atomic E-state index is 0.00800. The highest BCUT2D eigenvalue weighted by Crippen LogP contribution is 2.16. The van der Waals surface area contributed by atoms with Gasteiger partial charge in [-0.25, -0.2) is 4.79 Å². The van der Waals surface area contributed by atoms with Crippen LogP contribution in [-0.2, 0) is 20.6 Å². The van der Waals surface area contributed by atoms with Crippen LogP contribution >= 0.6 is 0 Å². The molecule has 4 heteroatoms. The third-order valence-electron chi connectivity index (χ3n) is 3.88. The van der Waals surface area contributed by atoms with E-state index in [4.69, 9.17) is 0 Å². The first-order valence-corrected chi connectivity index (χ1v) is 7.01. The van der Waals surface area contributed by atoms with Crippen LogP contribution in [0.4, 0.5) is 5.69 Å². The maximum atomic E-state index is 11.9. The summed E-state index contributed by atoms with van der Waals surface area (Å²) in [6.07, 6.45) is 0. The molecule has 1 heterocycles. The molecule has 0 bridgehead atoms. The van der Waals surface area contributed by atoms with Gasteiger partial charge >= 0.3 is 5.69 Å². The molecule has 0 spiro atoms. The molecule has 1 aromatic heterocycles. The molecule has 1 N–H and O–H groups in total. The minimum Gasteiger partial charge on any atom is -0.381 e. The SMILES string of the molecule is Cc1ccc(NCc2ccc3c(c2)n(C)c(=O)n3C)cc1. The Morgan fingerprint density at radius 1 is 0.952 bits per heavy atom. The number of nitrogens with one attached hydrogen (secondary N) is 1. The average molecular weight is 281 g/mol. The van der Waals surface area contributed by atoms with Crippen LogP contribution < -0.4 is 11.0 Å². The number of hydrogen-bond acceptors (Lipinski definition) is 2. The number of aryl methyl sites for hydroxylation is 3. The molecular weight excluding hydrogens is 262 g/mol. The van der Waals surface area contributed by atoms with Gasteiger partial charge in [0, 0.05) is 26.3 Å². The summed E-state index contributed by atoms with van der Waals surface area (Å²) >= 11 is 0. The molecule has 0 fully saturated rings. The fourth-order valence-electron chi connectivity index (χ4n) is 2.54. The highest BCUT2D eigenvalue weighted by atomic mass is 16.1. The molecule has 0 aliphatic carbocycles. The zero-order chi connectivity index (χ0) is 15.0. The van der Waals surface area contributed by atoms with Crippen LogP contribution in [0, 0.1) is 6.92 Å². The van der Waals surface area contributed by atoms with E-state index in [1.165, 1.54) is 5.56 Å². The van der Waals surface area contributed by atoms with Crippen molar-refractivity contribution >= 4 is 16.7 Å². The van der Waals surface area contributed by atoms with E-state index in [1.54, 1.807) is 16.2 Å². The lowest BCUT2D eigenvalue weighted by molar-refractivity contribution is 0.795. The van der Waals surface area contributed by atoms with Gasteiger partial charge < -0.3 is 5.32 Å². The van der Waals surface area contributed by atoms with E-state index < -0.39 is 0 Å². The molecule has 4 nitrogen and oxygen atoms in total. The number of benzene rings is 2. The number of aromatic nitrogens is 2. The van der Waals surface area contributed by atoms with Crippen molar-refractivity contribution in [2.75, 3.05) is 5.32 Å².